The van der Waals surface area contributed by atoms with E-state index in [-0.39, 0.29) is 18.1 Å². The minimum atomic E-state index is -3.75. The fraction of sp³-hybridized carbons (Fsp3) is 0.364. The van der Waals surface area contributed by atoms with Gasteiger partial charge in [0.25, 0.3) is 5.91 Å². The SMILES string of the molecule is Cc1cc(C#N)cnc1C(=O)Nc1ccc2c(c1)C(CS(=O)(=O)C(C)(C)C(=N)N)COC2. The number of pyridine rings is 1. The lowest BCUT2D eigenvalue weighted by molar-refractivity contribution is 0.0956. The van der Waals surface area contributed by atoms with Crippen LogP contribution in [0.5, 0.6) is 0 Å². The van der Waals surface area contributed by atoms with Gasteiger partial charge in [-0.05, 0) is 55.7 Å². The molecule has 9 nitrogen and oxygen atoms in total. The topological polar surface area (TPSA) is 159 Å². The number of rotatable bonds is 6. The Bertz CT molecular complexity index is 1230. The zero-order valence-electron chi connectivity index (χ0n) is 18.1. The molecule has 10 heteroatoms. The van der Waals surface area contributed by atoms with Gasteiger partial charge in [0.15, 0.2) is 9.84 Å². The Balaban J connectivity index is 1.87. The second kappa shape index (κ2) is 8.68. The van der Waals surface area contributed by atoms with Gasteiger partial charge < -0.3 is 15.8 Å². The lowest BCUT2D eigenvalue weighted by atomic mass is 9.94. The number of nitrogens with one attached hydrogen (secondary N) is 2. The molecule has 0 saturated carbocycles. The average molecular weight is 456 g/mol. The van der Waals surface area contributed by atoms with Gasteiger partial charge in [-0.2, -0.15) is 5.26 Å². The molecule has 1 aromatic carbocycles. The van der Waals surface area contributed by atoms with Crippen LogP contribution in [0.3, 0.4) is 0 Å². The summed E-state index contributed by atoms with van der Waals surface area (Å²) in [5.74, 6) is -1.55. The van der Waals surface area contributed by atoms with Crippen molar-refractivity contribution in [2.24, 2.45) is 5.73 Å². The van der Waals surface area contributed by atoms with Crippen molar-refractivity contribution in [3.63, 3.8) is 0 Å². The summed E-state index contributed by atoms with van der Waals surface area (Å²) >= 11 is 0. The van der Waals surface area contributed by atoms with Crippen molar-refractivity contribution in [2.45, 2.75) is 38.0 Å². The molecule has 4 N–H and O–H groups in total. The number of hydrogen-bond acceptors (Lipinski definition) is 7. The summed E-state index contributed by atoms with van der Waals surface area (Å²) in [4.78, 5) is 16.8. The number of amides is 1. The summed E-state index contributed by atoms with van der Waals surface area (Å²) in [7, 11) is -3.75. The number of nitrogens with two attached hydrogens (primary N) is 1. The lowest BCUT2D eigenvalue weighted by Crippen LogP contribution is -2.47. The van der Waals surface area contributed by atoms with Crippen molar-refractivity contribution in [3.8, 4) is 6.07 Å². The molecule has 1 unspecified atom stereocenters. The Labute approximate surface area is 187 Å². The quantitative estimate of drug-likeness (QED) is 0.445. The summed E-state index contributed by atoms with van der Waals surface area (Å²) < 4.78 is 30.0. The number of nitrogens with zero attached hydrogens (tertiary/aromatic N) is 2. The summed E-state index contributed by atoms with van der Waals surface area (Å²) in [6.45, 7) is 5.07. The zero-order valence-corrected chi connectivity index (χ0v) is 18.9. The van der Waals surface area contributed by atoms with Gasteiger partial charge in [-0.15, -0.1) is 0 Å². The van der Waals surface area contributed by atoms with Gasteiger partial charge in [0.2, 0.25) is 0 Å². The van der Waals surface area contributed by atoms with Crippen molar-refractivity contribution < 1.29 is 17.9 Å². The third kappa shape index (κ3) is 4.49. The van der Waals surface area contributed by atoms with Crippen LogP contribution in [0, 0.1) is 23.7 Å². The van der Waals surface area contributed by atoms with Crippen molar-refractivity contribution in [3.05, 3.63) is 58.4 Å². The van der Waals surface area contributed by atoms with Gasteiger partial charge >= 0.3 is 0 Å². The first kappa shape index (κ1) is 23.4. The maximum atomic E-state index is 12.9. The Hall–Kier alpha value is -3.29. The monoisotopic (exact) mass is 455 g/mol. The van der Waals surface area contributed by atoms with Gasteiger partial charge in [0, 0.05) is 17.8 Å². The molecule has 3 rings (SSSR count). The Kier molecular flexibility index (Phi) is 6.34. The van der Waals surface area contributed by atoms with Crippen LogP contribution in [0.1, 0.15) is 52.5 Å². The first-order chi connectivity index (χ1) is 15.0. The van der Waals surface area contributed by atoms with Gasteiger partial charge in [0.05, 0.1) is 24.5 Å². The highest BCUT2D eigenvalue weighted by atomic mass is 32.2. The number of sulfone groups is 1. The van der Waals surface area contributed by atoms with Crippen molar-refractivity contribution in [1.29, 1.82) is 10.7 Å². The van der Waals surface area contributed by atoms with E-state index in [0.717, 1.165) is 11.1 Å². The second-order valence-corrected chi connectivity index (χ2v) is 10.9. The first-order valence-corrected chi connectivity index (χ1v) is 11.6. The molecule has 0 bridgehead atoms. The molecule has 0 radical (unpaired) electrons. The fourth-order valence-electron chi connectivity index (χ4n) is 3.43. The van der Waals surface area contributed by atoms with E-state index >= 15 is 0 Å². The minimum Gasteiger partial charge on any atom is -0.386 e. The summed E-state index contributed by atoms with van der Waals surface area (Å²) in [5.41, 5.74) is 8.76. The van der Waals surface area contributed by atoms with Crippen LogP contribution in [-0.4, -0.2) is 42.3 Å². The molecule has 32 heavy (non-hydrogen) atoms. The normalized spacial score (nSPS) is 16.0. The number of carbonyl (C=O) groups is 1. The molecule has 0 aliphatic carbocycles. The Morgan fingerprint density at radius 3 is 2.75 bits per heavy atom. The van der Waals surface area contributed by atoms with Crippen molar-refractivity contribution in [1.82, 2.24) is 4.98 Å². The number of benzene rings is 1. The highest BCUT2D eigenvalue weighted by Gasteiger charge is 2.40. The number of nitriles is 1. The summed E-state index contributed by atoms with van der Waals surface area (Å²) in [5, 5.41) is 19.4. The van der Waals surface area contributed by atoms with Crippen LogP contribution in [0.2, 0.25) is 0 Å². The van der Waals surface area contributed by atoms with E-state index in [1.54, 1.807) is 31.2 Å². The van der Waals surface area contributed by atoms with Crippen LogP contribution < -0.4 is 11.1 Å². The number of aryl methyl sites for hydroxylation is 1. The largest absolute Gasteiger partial charge is 0.386 e. The van der Waals surface area contributed by atoms with E-state index in [9.17, 15) is 13.2 Å². The number of carbonyl (C=O) groups excluding carboxylic acids is 1. The summed E-state index contributed by atoms with van der Waals surface area (Å²) in [6, 6.07) is 8.82. The number of aromatic nitrogens is 1. The van der Waals surface area contributed by atoms with Crippen LogP contribution in [0.25, 0.3) is 0 Å². The van der Waals surface area contributed by atoms with Crippen molar-refractivity contribution in [2.75, 3.05) is 17.7 Å². The molecule has 1 aromatic heterocycles. The van der Waals surface area contributed by atoms with E-state index in [1.165, 1.54) is 20.0 Å². The maximum absolute atomic E-state index is 12.9. The predicted molar refractivity (Wildman–Crippen MR) is 120 cm³/mol. The molecule has 0 fully saturated rings. The Morgan fingerprint density at radius 2 is 2.12 bits per heavy atom. The highest BCUT2D eigenvalue weighted by Crippen LogP contribution is 2.33. The van der Waals surface area contributed by atoms with E-state index in [2.05, 4.69) is 10.3 Å². The van der Waals surface area contributed by atoms with E-state index in [4.69, 9.17) is 21.1 Å². The van der Waals surface area contributed by atoms with Crippen LogP contribution in [0.4, 0.5) is 5.69 Å². The molecular formula is C22H25N5O4S. The second-order valence-electron chi connectivity index (χ2n) is 8.29. The standard InChI is InChI=1S/C22H25N5O4S/c1-13-6-14(8-23)9-26-19(13)20(28)27-17-5-4-15-10-31-11-16(18(15)7-17)12-32(29,30)22(2,3)21(24)25/h4-7,9,16H,10-12H2,1-3H3,(H3,24,25)(H,27,28). The van der Waals surface area contributed by atoms with Gasteiger partial charge in [-0.3, -0.25) is 10.2 Å². The predicted octanol–water partition coefficient (Wildman–Crippen LogP) is 2.26. The molecular weight excluding hydrogens is 430 g/mol. The molecule has 0 spiro atoms. The minimum absolute atomic E-state index is 0.201. The lowest BCUT2D eigenvalue weighted by Gasteiger charge is -2.30. The van der Waals surface area contributed by atoms with Crippen LogP contribution in [-0.2, 0) is 21.2 Å². The number of ether oxygens (including phenoxy) is 1. The third-order valence-corrected chi connectivity index (χ3v) is 8.31. The molecule has 168 valence electrons. The maximum Gasteiger partial charge on any atom is 0.274 e. The van der Waals surface area contributed by atoms with E-state index in [1.807, 2.05) is 6.07 Å². The highest BCUT2D eigenvalue weighted by molar-refractivity contribution is 7.93. The molecule has 1 aliphatic rings. The smallest absolute Gasteiger partial charge is 0.274 e. The fourth-order valence-corrected chi connectivity index (χ4v) is 4.98. The number of anilines is 1. The van der Waals surface area contributed by atoms with Gasteiger partial charge in [-0.25, -0.2) is 13.4 Å². The third-order valence-electron chi connectivity index (χ3n) is 5.69. The van der Waals surface area contributed by atoms with E-state index in [0.29, 0.717) is 23.4 Å². The van der Waals surface area contributed by atoms with Crippen LogP contribution >= 0.6 is 0 Å². The van der Waals surface area contributed by atoms with Gasteiger partial charge in [-0.1, -0.05) is 6.07 Å². The molecule has 2 heterocycles. The number of amidine groups is 1. The molecule has 2 aromatic rings. The summed E-state index contributed by atoms with van der Waals surface area (Å²) in [6.07, 6.45) is 1.34. The zero-order chi connectivity index (χ0) is 23.7. The first-order valence-electron chi connectivity index (χ1n) is 9.91. The van der Waals surface area contributed by atoms with Crippen LogP contribution in [0.15, 0.2) is 30.5 Å². The van der Waals surface area contributed by atoms with E-state index < -0.39 is 32.2 Å². The number of hydrogen-bond donors (Lipinski definition) is 3. The van der Waals surface area contributed by atoms with Crippen molar-refractivity contribution >= 4 is 27.3 Å². The molecule has 1 aliphatic heterocycles. The number of fused-ring (bicyclic) bond motifs is 1. The molecule has 0 saturated heterocycles. The molecule has 1 atom stereocenters. The molecule has 1 amide bonds. The van der Waals surface area contributed by atoms with Gasteiger partial charge in [0.1, 0.15) is 22.3 Å². The Morgan fingerprint density at radius 1 is 1.41 bits per heavy atom. The average Bonchev–Trinajstić information content (AvgIpc) is 2.73.